The van der Waals surface area contributed by atoms with Gasteiger partial charge in [-0.2, -0.15) is 4.98 Å². The highest BCUT2D eigenvalue weighted by Crippen LogP contribution is 2.40. The van der Waals surface area contributed by atoms with Crippen molar-refractivity contribution >= 4 is 16.9 Å². The van der Waals surface area contributed by atoms with Gasteiger partial charge in [-0.15, -0.1) is 0 Å². The molecule has 0 unspecified atom stereocenters. The van der Waals surface area contributed by atoms with Crippen LogP contribution in [0.25, 0.3) is 33.7 Å². The minimum Gasteiger partial charge on any atom is -0.496 e. The first-order valence-corrected chi connectivity index (χ1v) is 8.31. The van der Waals surface area contributed by atoms with Crippen molar-refractivity contribution < 1.29 is 27.6 Å². The molecule has 0 aliphatic rings. The fourth-order valence-electron chi connectivity index (χ4n) is 2.98. The maximum Gasteiger partial charge on any atom is 0.342 e. The molecule has 0 radical (unpaired) electrons. The van der Waals surface area contributed by atoms with Crippen molar-refractivity contribution in [2.24, 2.45) is 0 Å². The molecule has 28 heavy (non-hydrogen) atoms. The summed E-state index contributed by atoms with van der Waals surface area (Å²) in [5.74, 6) is 0.462. The predicted octanol–water partition coefficient (Wildman–Crippen LogP) is 4.39. The minimum absolute atomic E-state index is 0.221. The lowest BCUT2D eigenvalue weighted by atomic mass is 10.0. The van der Waals surface area contributed by atoms with Gasteiger partial charge in [-0.3, -0.25) is 0 Å². The van der Waals surface area contributed by atoms with Crippen molar-refractivity contribution in [1.82, 2.24) is 10.1 Å². The van der Waals surface area contributed by atoms with Crippen LogP contribution in [0.2, 0.25) is 0 Å². The fourth-order valence-corrected chi connectivity index (χ4v) is 2.98. The smallest absolute Gasteiger partial charge is 0.342 e. The lowest BCUT2D eigenvalue weighted by Gasteiger charge is -2.05. The lowest BCUT2D eigenvalue weighted by molar-refractivity contribution is 0.0603. The number of carbonyl (C=O) groups is 1. The molecule has 2 heterocycles. The second-order valence-corrected chi connectivity index (χ2v) is 5.99. The Kier molecular flexibility index (Phi) is 4.31. The highest BCUT2D eigenvalue weighted by atomic mass is 19.1. The number of aromatic nitrogens is 2. The van der Waals surface area contributed by atoms with E-state index >= 15 is 0 Å². The molecule has 7 nitrogen and oxygen atoms in total. The Morgan fingerprint density at radius 2 is 1.89 bits per heavy atom. The van der Waals surface area contributed by atoms with Crippen LogP contribution in [0.4, 0.5) is 4.39 Å². The first-order valence-electron chi connectivity index (χ1n) is 8.31. The van der Waals surface area contributed by atoms with E-state index in [1.54, 1.807) is 19.1 Å². The number of aryl methyl sites for hydroxylation is 1. The summed E-state index contributed by atoms with van der Waals surface area (Å²) in [6.07, 6.45) is 0. The van der Waals surface area contributed by atoms with E-state index in [1.807, 2.05) is 0 Å². The number of hydrogen-bond donors (Lipinski definition) is 0. The van der Waals surface area contributed by atoms with Gasteiger partial charge in [0.05, 0.1) is 19.8 Å². The van der Waals surface area contributed by atoms with Gasteiger partial charge in [0, 0.05) is 17.9 Å². The van der Waals surface area contributed by atoms with Gasteiger partial charge in [0.1, 0.15) is 28.5 Å². The summed E-state index contributed by atoms with van der Waals surface area (Å²) in [6.45, 7) is 1.68. The molecule has 0 bridgehead atoms. The topological polar surface area (TPSA) is 87.6 Å². The molecular formula is C20H15FN2O5. The number of halogens is 1. The largest absolute Gasteiger partial charge is 0.496 e. The van der Waals surface area contributed by atoms with Gasteiger partial charge in [0.15, 0.2) is 0 Å². The quantitative estimate of drug-likeness (QED) is 0.484. The first kappa shape index (κ1) is 17.7. The SMILES string of the molecule is COC(=O)c1c(-c2ccc(F)cc2)oc2cc(-c3noc(C)n3)c(OC)cc12. The van der Waals surface area contributed by atoms with Crippen molar-refractivity contribution in [3.63, 3.8) is 0 Å². The summed E-state index contributed by atoms with van der Waals surface area (Å²) in [4.78, 5) is 16.7. The number of hydrogen-bond acceptors (Lipinski definition) is 7. The van der Waals surface area contributed by atoms with Crippen molar-refractivity contribution in [1.29, 1.82) is 0 Å². The van der Waals surface area contributed by atoms with Gasteiger partial charge in [-0.05, 0) is 36.4 Å². The Labute approximate surface area is 158 Å². The zero-order chi connectivity index (χ0) is 19.8. The van der Waals surface area contributed by atoms with Crippen LogP contribution in [0.15, 0.2) is 45.3 Å². The number of rotatable bonds is 4. The van der Waals surface area contributed by atoms with E-state index in [0.29, 0.717) is 39.6 Å². The van der Waals surface area contributed by atoms with E-state index in [0.717, 1.165) is 0 Å². The van der Waals surface area contributed by atoms with Crippen molar-refractivity contribution in [2.45, 2.75) is 6.92 Å². The maximum atomic E-state index is 13.3. The van der Waals surface area contributed by atoms with E-state index in [9.17, 15) is 9.18 Å². The molecular weight excluding hydrogens is 367 g/mol. The normalized spacial score (nSPS) is 11.0. The molecule has 0 amide bonds. The third-order valence-corrected chi connectivity index (χ3v) is 4.27. The average Bonchev–Trinajstić information content (AvgIpc) is 3.30. The number of ether oxygens (including phenoxy) is 2. The van der Waals surface area contributed by atoms with Crippen LogP contribution >= 0.6 is 0 Å². The zero-order valence-electron chi connectivity index (χ0n) is 15.3. The number of methoxy groups -OCH3 is 2. The lowest BCUT2D eigenvalue weighted by Crippen LogP contribution is -2.02. The molecule has 0 atom stereocenters. The molecule has 2 aromatic heterocycles. The fraction of sp³-hybridized carbons (Fsp3) is 0.150. The number of esters is 1. The van der Waals surface area contributed by atoms with Gasteiger partial charge in [-0.25, -0.2) is 9.18 Å². The molecule has 2 aromatic carbocycles. The summed E-state index contributed by atoms with van der Waals surface area (Å²) in [7, 11) is 2.78. The van der Waals surface area contributed by atoms with Crippen LogP contribution in [0.3, 0.4) is 0 Å². The van der Waals surface area contributed by atoms with Gasteiger partial charge in [0.2, 0.25) is 11.7 Å². The Hall–Kier alpha value is -3.68. The molecule has 0 aliphatic heterocycles. The van der Waals surface area contributed by atoms with Gasteiger partial charge in [-0.1, -0.05) is 5.16 Å². The van der Waals surface area contributed by atoms with Crippen molar-refractivity contribution in [3.05, 3.63) is 53.7 Å². The zero-order valence-corrected chi connectivity index (χ0v) is 15.3. The van der Waals surface area contributed by atoms with Crippen LogP contribution in [0, 0.1) is 12.7 Å². The maximum absolute atomic E-state index is 13.3. The second kappa shape index (κ2) is 6.80. The molecule has 0 N–H and O–H groups in total. The molecule has 4 rings (SSSR count). The van der Waals surface area contributed by atoms with E-state index in [2.05, 4.69) is 10.1 Å². The molecule has 142 valence electrons. The average molecular weight is 382 g/mol. The number of fused-ring (bicyclic) bond motifs is 1. The van der Waals surface area contributed by atoms with E-state index in [4.69, 9.17) is 18.4 Å². The molecule has 8 heteroatoms. The molecule has 0 spiro atoms. The van der Waals surface area contributed by atoms with Crippen molar-refractivity contribution in [3.8, 4) is 28.5 Å². The van der Waals surface area contributed by atoms with Crippen LogP contribution in [-0.4, -0.2) is 30.3 Å². The summed E-state index contributed by atoms with van der Waals surface area (Å²) < 4.78 is 34.7. The Bertz CT molecular complexity index is 1180. The highest BCUT2D eigenvalue weighted by molar-refractivity contribution is 6.10. The molecule has 0 saturated heterocycles. The van der Waals surface area contributed by atoms with Gasteiger partial charge >= 0.3 is 5.97 Å². The van der Waals surface area contributed by atoms with Crippen LogP contribution in [-0.2, 0) is 4.74 Å². The second-order valence-electron chi connectivity index (χ2n) is 5.99. The number of nitrogens with zero attached hydrogens (tertiary/aromatic N) is 2. The summed E-state index contributed by atoms with van der Waals surface area (Å²) in [5.41, 5.74) is 1.70. The molecule has 0 saturated carbocycles. The van der Waals surface area contributed by atoms with E-state index in [1.165, 1.54) is 38.5 Å². The summed E-state index contributed by atoms with van der Waals surface area (Å²) >= 11 is 0. The third-order valence-electron chi connectivity index (χ3n) is 4.27. The van der Waals surface area contributed by atoms with Crippen LogP contribution in [0.5, 0.6) is 5.75 Å². The number of benzene rings is 2. The van der Waals surface area contributed by atoms with E-state index < -0.39 is 11.8 Å². The number of furan rings is 1. The highest BCUT2D eigenvalue weighted by Gasteiger charge is 2.25. The Morgan fingerprint density at radius 3 is 2.50 bits per heavy atom. The van der Waals surface area contributed by atoms with Crippen LogP contribution < -0.4 is 4.74 Å². The standard InChI is InChI=1S/C20H15FN2O5/c1-10-22-19(23-28-10)14-9-16-13(8-15(14)25-2)17(20(24)26-3)18(27-16)11-4-6-12(21)7-5-11/h4-9H,1-3H3. The van der Waals surface area contributed by atoms with Gasteiger partial charge < -0.3 is 18.4 Å². The monoisotopic (exact) mass is 382 g/mol. The summed E-state index contributed by atoms with van der Waals surface area (Å²) in [6, 6.07) is 8.95. The molecule has 0 fully saturated rings. The Morgan fingerprint density at radius 1 is 1.14 bits per heavy atom. The van der Waals surface area contributed by atoms with Gasteiger partial charge in [0.25, 0.3) is 0 Å². The molecule has 0 aliphatic carbocycles. The molecule has 4 aromatic rings. The summed E-state index contributed by atoms with van der Waals surface area (Å²) in [5, 5.41) is 4.40. The minimum atomic E-state index is -0.580. The third kappa shape index (κ3) is 2.88. The Balaban J connectivity index is 2.00. The van der Waals surface area contributed by atoms with Crippen molar-refractivity contribution in [2.75, 3.05) is 14.2 Å². The van der Waals surface area contributed by atoms with E-state index in [-0.39, 0.29) is 11.3 Å². The predicted molar refractivity (Wildman–Crippen MR) is 97.5 cm³/mol. The van der Waals surface area contributed by atoms with Crippen LogP contribution in [0.1, 0.15) is 16.2 Å². The first-order chi connectivity index (χ1) is 13.5. The number of carbonyl (C=O) groups excluding carboxylic acids is 1.